The lowest BCUT2D eigenvalue weighted by Crippen LogP contribution is -2.15. The zero-order valence-electron chi connectivity index (χ0n) is 12.4. The van der Waals surface area contributed by atoms with Crippen LogP contribution in [0, 0.1) is 0 Å². The van der Waals surface area contributed by atoms with Gasteiger partial charge in [0.15, 0.2) is 12.4 Å². The van der Waals surface area contributed by atoms with E-state index in [-0.39, 0.29) is 12.4 Å². The summed E-state index contributed by atoms with van der Waals surface area (Å²) >= 11 is 1.55. The van der Waals surface area contributed by atoms with Gasteiger partial charge in [-0.1, -0.05) is 30.3 Å². The van der Waals surface area contributed by atoms with Crippen molar-refractivity contribution in [2.24, 2.45) is 0 Å². The SMILES string of the molecule is COc1cc(SC)ccc1C(=O)OCC(=O)c1ccccc1. The van der Waals surface area contributed by atoms with E-state index in [0.717, 1.165) is 4.90 Å². The van der Waals surface area contributed by atoms with E-state index in [4.69, 9.17) is 9.47 Å². The Morgan fingerprint density at radius 1 is 1.09 bits per heavy atom. The van der Waals surface area contributed by atoms with Crippen molar-refractivity contribution >= 4 is 23.5 Å². The molecule has 0 fully saturated rings. The number of hydrogen-bond donors (Lipinski definition) is 0. The highest BCUT2D eigenvalue weighted by Gasteiger charge is 2.16. The molecular formula is C17H16O4S. The summed E-state index contributed by atoms with van der Waals surface area (Å²) in [6.45, 7) is -0.295. The number of thioether (sulfide) groups is 1. The zero-order chi connectivity index (χ0) is 15.9. The average Bonchev–Trinajstić information content (AvgIpc) is 2.59. The summed E-state index contributed by atoms with van der Waals surface area (Å²) < 4.78 is 10.3. The fourth-order valence-electron chi connectivity index (χ4n) is 1.88. The highest BCUT2D eigenvalue weighted by atomic mass is 32.2. The molecule has 114 valence electrons. The molecule has 0 unspecified atom stereocenters. The van der Waals surface area contributed by atoms with Gasteiger partial charge in [0.2, 0.25) is 0 Å². The molecule has 22 heavy (non-hydrogen) atoms. The van der Waals surface area contributed by atoms with Crippen LogP contribution in [0.5, 0.6) is 5.75 Å². The van der Waals surface area contributed by atoms with Crippen LogP contribution >= 0.6 is 11.8 Å². The molecule has 0 aromatic heterocycles. The Morgan fingerprint density at radius 2 is 1.82 bits per heavy atom. The Hall–Kier alpha value is -2.27. The highest BCUT2D eigenvalue weighted by Crippen LogP contribution is 2.25. The predicted octanol–water partition coefficient (Wildman–Crippen LogP) is 3.46. The number of esters is 1. The molecule has 2 aromatic rings. The topological polar surface area (TPSA) is 52.6 Å². The van der Waals surface area contributed by atoms with E-state index >= 15 is 0 Å². The molecule has 0 amide bonds. The molecule has 0 heterocycles. The number of rotatable bonds is 6. The van der Waals surface area contributed by atoms with Crippen LogP contribution in [0.4, 0.5) is 0 Å². The molecule has 0 saturated carbocycles. The van der Waals surface area contributed by atoms with Crippen molar-refractivity contribution in [3.8, 4) is 5.75 Å². The van der Waals surface area contributed by atoms with Crippen molar-refractivity contribution in [2.75, 3.05) is 20.0 Å². The number of Topliss-reactive ketones (excluding diaryl/α,β-unsaturated/α-hetero) is 1. The molecule has 0 saturated heterocycles. The van der Waals surface area contributed by atoms with Crippen molar-refractivity contribution in [1.29, 1.82) is 0 Å². The van der Waals surface area contributed by atoms with E-state index in [9.17, 15) is 9.59 Å². The predicted molar refractivity (Wildman–Crippen MR) is 85.8 cm³/mol. The van der Waals surface area contributed by atoms with E-state index < -0.39 is 5.97 Å². The first-order valence-corrected chi connectivity index (χ1v) is 7.85. The van der Waals surface area contributed by atoms with Gasteiger partial charge >= 0.3 is 5.97 Å². The first-order valence-electron chi connectivity index (χ1n) is 6.63. The maximum atomic E-state index is 12.1. The second-order valence-electron chi connectivity index (χ2n) is 4.43. The van der Waals surface area contributed by atoms with Crippen molar-refractivity contribution in [1.82, 2.24) is 0 Å². The van der Waals surface area contributed by atoms with Gasteiger partial charge in [0.25, 0.3) is 0 Å². The molecule has 2 rings (SSSR count). The lowest BCUT2D eigenvalue weighted by Gasteiger charge is -2.09. The molecule has 0 aliphatic carbocycles. The van der Waals surface area contributed by atoms with Gasteiger partial charge in [0.1, 0.15) is 11.3 Å². The molecule has 2 aromatic carbocycles. The number of ether oxygens (including phenoxy) is 2. The minimum atomic E-state index is -0.575. The van der Waals surface area contributed by atoms with E-state index in [1.54, 1.807) is 48.2 Å². The van der Waals surface area contributed by atoms with Crippen molar-refractivity contribution in [3.05, 3.63) is 59.7 Å². The summed E-state index contributed by atoms with van der Waals surface area (Å²) in [5.74, 6) is -0.383. The first kappa shape index (κ1) is 16.1. The third kappa shape index (κ3) is 3.89. The number of methoxy groups -OCH3 is 1. The Kier molecular flexibility index (Phi) is 5.61. The molecule has 0 bridgehead atoms. The average molecular weight is 316 g/mol. The smallest absolute Gasteiger partial charge is 0.342 e. The van der Waals surface area contributed by atoms with Crippen LogP contribution in [-0.2, 0) is 4.74 Å². The van der Waals surface area contributed by atoms with Crippen LogP contribution in [-0.4, -0.2) is 31.7 Å². The van der Waals surface area contributed by atoms with Gasteiger partial charge in [-0.25, -0.2) is 4.79 Å². The minimum Gasteiger partial charge on any atom is -0.496 e. The zero-order valence-corrected chi connectivity index (χ0v) is 13.2. The normalized spacial score (nSPS) is 10.1. The van der Waals surface area contributed by atoms with Gasteiger partial charge in [-0.2, -0.15) is 0 Å². The molecule has 5 heteroatoms. The van der Waals surface area contributed by atoms with E-state index in [1.807, 2.05) is 18.4 Å². The fraction of sp³-hybridized carbons (Fsp3) is 0.176. The summed E-state index contributed by atoms with van der Waals surface area (Å²) in [5.41, 5.74) is 0.821. The molecule has 0 aliphatic rings. The number of carbonyl (C=O) groups excluding carboxylic acids is 2. The monoisotopic (exact) mass is 316 g/mol. The van der Waals surface area contributed by atoms with Gasteiger partial charge in [-0.15, -0.1) is 11.8 Å². The van der Waals surface area contributed by atoms with Gasteiger partial charge in [0, 0.05) is 10.5 Å². The summed E-state index contributed by atoms with van der Waals surface area (Å²) in [6, 6.07) is 13.9. The van der Waals surface area contributed by atoms with Gasteiger partial charge in [-0.05, 0) is 24.5 Å². The van der Waals surface area contributed by atoms with Crippen molar-refractivity contribution in [3.63, 3.8) is 0 Å². The van der Waals surface area contributed by atoms with E-state index in [1.165, 1.54) is 7.11 Å². The molecule has 0 radical (unpaired) electrons. The number of hydrogen-bond acceptors (Lipinski definition) is 5. The maximum absolute atomic E-state index is 12.1. The summed E-state index contributed by atoms with van der Waals surface area (Å²) in [5, 5.41) is 0. The van der Waals surface area contributed by atoms with Gasteiger partial charge in [0.05, 0.1) is 7.11 Å². The van der Waals surface area contributed by atoms with Gasteiger partial charge in [-0.3, -0.25) is 4.79 Å². The summed E-state index contributed by atoms with van der Waals surface area (Å²) in [6.07, 6.45) is 1.94. The fourth-order valence-corrected chi connectivity index (χ4v) is 2.31. The standard InChI is InChI=1S/C17H16O4S/c1-20-16-10-13(22-2)8-9-14(16)17(19)21-11-15(18)12-6-4-3-5-7-12/h3-10H,11H2,1-2H3. The Labute approximate surface area is 133 Å². The molecule has 0 N–H and O–H groups in total. The third-order valence-corrected chi connectivity index (χ3v) is 3.78. The molecule has 4 nitrogen and oxygen atoms in total. The lowest BCUT2D eigenvalue weighted by atomic mass is 10.1. The Morgan fingerprint density at radius 3 is 2.45 bits per heavy atom. The first-order chi connectivity index (χ1) is 10.7. The van der Waals surface area contributed by atoms with Crippen LogP contribution in [0.25, 0.3) is 0 Å². The van der Waals surface area contributed by atoms with Gasteiger partial charge < -0.3 is 9.47 Å². The summed E-state index contributed by atoms with van der Waals surface area (Å²) in [7, 11) is 1.49. The number of benzene rings is 2. The van der Waals surface area contributed by atoms with E-state index in [0.29, 0.717) is 16.9 Å². The van der Waals surface area contributed by atoms with Crippen LogP contribution in [0.1, 0.15) is 20.7 Å². The lowest BCUT2D eigenvalue weighted by molar-refractivity contribution is 0.0471. The van der Waals surface area contributed by atoms with Crippen LogP contribution < -0.4 is 4.74 Å². The maximum Gasteiger partial charge on any atom is 0.342 e. The van der Waals surface area contributed by atoms with Crippen LogP contribution in [0.3, 0.4) is 0 Å². The number of carbonyl (C=O) groups is 2. The largest absolute Gasteiger partial charge is 0.496 e. The minimum absolute atomic E-state index is 0.242. The Balaban J connectivity index is 2.05. The van der Waals surface area contributed by atoms with Crippen LogP contribution in [0.15, 0.2) is 53.4 Å². The second kappa shape index (κ2) is 7.66. The quantitative estimate of drug-likeness (QED) is 0.464. The van der Waals surface area contributed by atoms with Crippen molar-refractivity contribution < 1.29 is 19.1 Å². The Bertz CT molecular complexity index is 668. The second-order valence-corrected chi connectivity index (χ2v) is 5.31. The van der Waals surface area contributed by atoms with Crippen molar-refractivity contribution in [2.45, 2.75) is 4.90 Å². The third-order valence-electron chi connectivity index (χ3n) is 3.06. The van der Waals surface area contributed by atoms with E-state index in [2.05, 4.69) is 0 Å². The summed E-state index contributed by atoms with van der Waals surface area (Å²) in [4.78, 5) is 25.0. The molecule has 0 atom stereocenters. The highest BCUT2D eigenvalue weighted by molar-refractivity contribution is 7.98. The molecule has 0 spiro atoms. The molecule has 0 aliphatic heterocycles. The van der Waals surface area contributed by atoms with Crippen LogP contribution in [0.2, 0.25) is 0 Å². The number of ketones is 1. The molecular weight excluding hydrogens is 300 g/mol.